The highest BCUT2D eigenvalue weighted by Gasteiger charge is 2.22. The molecule has 3 N–H and O–H groups in total. The Kier molecular flexibility index (Phi) is 15.1. The summed E-state index contributed by atoms with van der Waals surface area (Å²) in [5.41, 5.74) is 1.98. The minimum atomic E-state index is -0.716. The maximum atomic E-state index is 11.0. The van der Waals surface area contributed by atoms with E-state index >= 15 is 0 Å². The van der Waals surface area contributed by atoms with Crippen LogP contribution in [0.5, 0.6) is 23.0 Å². The molecule has 0 spiro atoms. The number of ether oxygens (including phenoxy) is 3. The van der Waals surface area contributed by atoms with E-state index < -0.39 is 5.97 Å². The number of carbonyl (C=O) groups excluding carboxylic acids is 1. The van der Waals surface area contributed by atoms with E-state index in [9.17, 15) is 19.8 Å². The van der Waals surface area contributed by atoms with Crippen LogP contribution in [0.2, 0.25) is 0 Å². The van der Waals surface area contributed by atoms with Gasteiger partial charge in [0.15, 0.2) is 0 Å². The molecule has 0 atom stereocenters. The molecule has 0 amide bonds. The number of esters is 1. The summed E-state index contributed by atoms with van der Waals surface area (Å²) in [7, 11) is 4.70. The van der Waals surface area contributed by atoms with Gasteiger partial charge in [-0.25, -0.2) is 0 Å². The Balaban J connectivity index is 0.000000410. The van der Waals surface area contributed by atoms with Crippen molar-refractivity contribution < 1.29 is 39.1 Å². The maximum absolute atomic E-state index is 11.0. The zero-order valence-electron chi connectivity index (χ0n) is 25.9. The van der Waals surface area contributed by atoms with Gasteiger partial charge in [0.05, 0.1) is 21.3 Å². The largest absolute Gasteiger partial charge is 0.508 e. The van der Waals surface area contributed by atoms with Gasteiger partial charge in [0.2, 0.25) is 0 Å². The van der Waals surface area contributed by atoms with Gasteiger partial charge in [0.25, 0.3) is 0 Å². The van der Waals surface area contributed by atoms with Gasteiger partial charge in [0, 0.05) is 25.0 Å². The van der Waals surface area contributed by atoms with Crippen LogP contribution in [-0.4, -0.2) is 48.6 Å². The summed E-state index contributed by atoms with van der Waals surface area (Å²) in [6, 6.07) is 10.7. The third-order valence-electron chi connectivity index (χ3n) is 7.42. The van der Waals surface area contributed by atoms with E-state index in [1.54, 1.807) is 26.4 Å². The minimum absolute atomic E-state index is 0.00500. The number of rotatable bonds is 16. The smallest absolute Gasteiger partial charge is 0.305 e. The van der Waals surface area contributed by atoms with Crippen LogP contribution in [0.15, 0.2) is 36.4 Å². The predicted molar refractivity (Wildman–Crippen MR) is 161 cm³/mol. The quantitative estimate of drug-likeness (QED) is 0.139. The van der Waals surface area contributed by atoms with Gasteiger partial charge in [-0.15, -0.1) is 0 Å². The zero-order valence-corrected chi connectivity index (χ0v) is 25.9. The standard InChI is InChI=1S/C17H26O4.C16H24O4/c1-17(2,9-7-5-6-8-16(18)19)13-10-14(20-3)12-15(11-13)21-4;1-16(2,8-6-4-5-7-15(19)20-3)12-9-13(17)11-14(18)10-12/h10-12H,5-9H2,1-4H3,(H,18,19);9-11,17-18H,4-8H2,1-3H3. The molecule has 0 saturated carbocycles. The van der Waals surface area contributed by atoms with Crippen molar-refractivity contribution in [1.29, 1.82) is 0 Å². The molecule has 0 saturated heterocycles. The number of hydrogen-bond acceptors (Lipinski definition) is 7. The molecule has 41 heavy (non-hydrogen) atoms. The molecule has 8 nitrogen and oxygen atoms in total. The number of carbonyl (C=O) groups is 2. The summed E-state index contributed by atoms with van der Waals surface area (Å²) in [6.07, 6.45) is 8.12. The minimum Gasteiger partial charge on any atom is -0.508 e. The van der Waals surface area contributed by atoms with Crippen molar-refractivity contribution in [2.45, 2.75) is 103 Å². The molecule has 2 aromatic rings. The van der Waals surface area contributed by atoms with E-state index in [1.807, 2.05) is 18.2 Å². The Bertz CT molecular complexity index is 1050. The number of carboxylic acid groups (broad SMARTS) is 1. The van der Waals surface area contributed by atoms with Crippen LogP contribution in [0.4, 0.5) is 0 Å². The summed E-state index contributed by atoms with van der Waals surface area (Å²) >= 11 is 0. The van der Waals surface area contributed by atoms with Crippen LogP contribution in [0.25, 0.3) is 0 Å². The molecule has 0 fully saturated rings. The number of unbranched alkanes of at least 4 members (excludes halogenated alkanes) is 4. The number of aromatic hydroxyl groups is 2. The molecule has 0 radical (unpaired) electrons. The average molecular weight is 575 g/mol. The molecule has 0 aromatic heterocycles. The third-order valence-corrected chi connectivity index (χ3v) is 7.42. The molecule has 0 aliphatic carbocycles. The number of benzene rings is 2. The Labute approximate surface area is 245 Å². The molecule has 8 heteroatoms. The van der Waals surface area contributed by atoms with Crippen molar-refractivity contribution in [3.8, 4) is 23.0 Å². The summed E-state index contributed by atoms with van der Waals surface area (Å²) < 4.78 is 15.2. The fourth-order valence-electron chi connectivity index (χ4n) is 4.61. The van der Waals surface area contributed by atoms with Crippen LogP contribution in [0.1, 0.15) is 103 Å². The van der Waals surface area contributed by atoms with Gasteiger partial charge in [-0.05, 0) is 71.9 Å². The number of aliphatic carboxylic acids is 1. The molecule has 0 unspecified atom stereocenters. The maximum Gasteiger partial charge on any atom is 0.305 e. The Morgan fingerprint density at radius 2 is 1.07 bits per heavy atom. The molecule has 0 aliphatic rings. The van der Waals surface area contributed by atoms with E-state index in [4.69, 9.17) is 14.6 Å². The average Bonchev–Trinajstić information content (AvgIpc) is 2.91. The van der Waals surface area contributed by atoms with Crippen LogP contribution in [-0.2, 0) is 25.2 Å². The first kappa shape index (κ1) is 35.6. The van der Waals surface area contributed by atoms with Crippen molar-refractivity contribution in [2.75, 3.05) is 21.3 Å². The number of hydrogen-bond donors (Lipinski definition) is 3. The molecule has 0 bridgehead atoms. The van der Waals surface area contributed by atoms with Crippen molar-refractivity contribution in [3.63, 3.8) is 0 Å². The second kappa shape index (κ2) is 17.4. The van der Waals surface area contributed by atoms with Crippen LogP contribution < -0.4 is 9.47 Å². The lowest BCUT2D eigenvalue weighted by Gasteiger charge is -2.26. The van der Waals surface area contributed by atoms with Gasteiger partial charge < -0.3 is 29.5 Å². The Morgan fingerprint density at radius 3 is 1.49 bits per heavy atom. The molecule has 2 aromatic carbocycles. The summed E-state index contributed by atoms with van der Waals surface area (Å²) in [6.45, 7) is 8.56. The van der Waals surface area contributed by atoms with Crippen LogP contribution >= 0.6 is 0 Å². The second-order valence-corrected chi connectivity index (χ2v) is 11.7. The Hall–Kier alpha value is -3.42. The lowest BCUT2D eigenvalue weighted by Crippen LogP contribution is -2.17. The van der Waals surface area contributed by atoms with Gasteiger partial charge >= 0.3 is 11.9 Å². The van der Waals surface area contributed by atoms with Crippen LogP contribution in [0, 0.1) is 0 Å². The predicted octanol–water partition coefficient (Wildman–Crippen LogP) is 7.52. The lowest BCUT2D eigenvalue weighted by molar-refractivity contribution is -0.141. The number of phenols is 2. The van der Waals surface area contributed by atoms with Gasteiger partial charge in [-0.1, -0.05) is 53.4 Å². The molecule has 0 heterocycles. The van der Waals surface area contributed by atoms with Gasteiger partial charge in [0.1, 0.15) is 23.0 Å². The molecule has 0 aliphatic heterocycles. The zero-order chi connectivity index (χ0) is 31.1. The second-order valence-electron chi connectivity index (χ2n) is 11.7. The van der Waals surface area contributed by atoms with Crippen molar-refractivity contribution in [2.24, 2.45) is 0 Å². The van der Waals surface area contributed by atoms with Crippen molar-refractivity contribution in [1.82, 2.24) is 0 Å². The normalized spacial score (nSPS) is 11.3. The highest BCUT2D eigenvalue weighted by molar-refractivity contribution is 5.69. The van der Waals surface area contributed by atoms with E-state index in [0.717, 1.165) is 68.4 Å². The SMILES string of the molecule is COC(=O)CCCCCC(C)(C)c1cc(O)cc(O)c1.COc1cc(OC)cc(C(C)(C)CCCCCC(=O)O)c1. The number of phenolic OH excluding ortho intramolecular Hbond substituents is 2. The number of methoxy groups -OCH3 is 3. The third kappa shape index (κ3) is 13.7. The molecular formula is C33H50O8. The molecular weight excluding hydrogens is 524 g/mol. The first-order chi connectivity index (χ1) is 19.2. The Morgan fingerprint density at radius 1 is 0.634 bits per heavy atom. The van der Waals surface area contributed by atoms with E-state index in [1.165, 1.54) is 18.7 Å². The summed E-state index contributed by atoms with van der Waals surface area (Å²) in [5.74, 6) is 0.873. The number of carboxylic acids is 1. The van der Waals surface area contributed by atoms with Crippen molar-refractivity contribution >= 4 is 11.9 Å². The van der Waals surface area contributed by atoms with Gasteiger partial charge in [-0.3, -0.25) is 9.59 Å². The molecule has 230 valence electrons. The monoisotopic (exact) mass is 574 g/mol. The first-order valence-electron chi connectivity index (χ1n) is 14.3. The van der Waals surface area contributed by atoms with Crippen LogP contribution in [0.3, 0.4) is 0 Å². The molecule has 2 rings (SSSR count). The van der Waals surface area contributed by atoms with E-state index in [2.05, 4.69) is 32.4 Å². The lowest BCUT2D eigenvalue weighted by atomic mass is 9.80. The van der Waals surface area contributed by atoms with Crippen molar-refractivity contribution in [3.05, 3.63) is 47.5 Å². The van der Waals surface area contributed by atoms with E-state index in [-0.39, 0.29) is 34.7 Å². The fraction of sp³-hybridized carbons (Fsp3) is 0.576. The summed E-state index contributed by atoms with van der Waals surface area (Å²) in [5, 5.41) is 27.7. The topological polar surface area (TPSA) is 123 Å². The van der Waals surface area contributed by atoms with Gasteiger partial charge in [-0.2, -0.15) is 0 Å². The first-order valence-corrected chi connectivity index (χ1v) is 14.3. The highest BCUT2D eigenvalue weighted by Crippen LogP contribution is 2.35. The van der Waals surface area contributed by atoms with E-state index in [0.29, 0.717) is 6.42 Å². The highest BCUT2D eigenvalue weighted by atomic mass is 16.5. The summed E-state index contributed by atoms with van der Waals surface area (Å²) in [4.78, 5) is 21.5. The fourth-order valence-corrected chi connectivity index (χ4v) is 4.61.